The van der Waals surface area contributed by atoms with E-state index in [0.29, 0.717) is 54.0 Å². The number of methoxy groups -OCH3 is 1. The zero-order valence-corrected chi connectivity index (χ0v) is 23.5. The minimum atomic E-state index is -1.01. The average Bonchev–Trinajstić information content (AvgIpc) is 3.22. The Bertz CT molecular complexity index is 1060. The van der Waals surface area contributed by atoms with Crippen LogP contribution in [0.3, 0.4) is 0 Å². The van der Waals surface area contributed by atoms with Crippen LogP contribution >= 0.6 is 11.8 Å². The molecule has 0 spiro atoms. The van der Waals surface area contributed by atoms with Gasteiger partial charge in [0.15, 0.2) is 0 Å². The molecule has 2 N–H and O–H groups in total. The minimum absolute atomic E-state index is 0.277. The van der Waals surface area contributed by atoms with Crippen molar-refractivity contribution in [2.45, 2.75) is 78.0 Å². The number of alkyl carbamates (subject to hydrolysis) is 1. The standard InChI is InChI=1S/C25H38N4O7S/c1-8-10-18(19-13-17(33-7)14-20(30)35-19)27-22(31)25(6)15-37-21(28-25)16(2)29-34-12-9-11-26-23(32)36-24(3,4)5/h13-14,18H,8-12,15H2,1-7H3,(H,26,32)(H,27,31)/b29-16+/t18-,25?/m1/s1. The van der Waals surface area contributed by atoms with Crippen LogP contribution in [0.25, 0.3) is 0 Å². The quantitative estimate of drug-likeness (QED) is 0.232. The van der Waals surface area contributed by atoms with E-state index in [1.165, 1.54) is 24.9 Å². The number of hydrogen-bond acceptors (Lipinski definition) is 10. The number of rotatable bonds is 12. The van der Waals surface area contributed by atoms with E-state index in [-0.39, 0.29) is 5.91 Å². The number of carbonyl (C=O) groups excluding carboxylic acids is 2. The van der Waals surface area contributed by atoms with Crippen LogP contribution in [0.1, 0.15) is 72.6 Å². The molecule has 0 saturated heterocycles. The van der Waals surface area contributed by atoms with Crippen LogP contribution < -0.4 is 21.0 Å². The Labute approximate surface area is 221 Å². The highest BCUT2D eigenvalue weighted by Crippen LogP contribution is 2.30. The first-order valence-corrected chi connectivity index (χ1v) is 13.2. The zero-order chi connectivity index (χ0) is 27.6. The summed E-state index contributed by atoms with van der Waals surface area (Å²) in [6.45, 7) is 11.6. The van der Waals surface area contributed by atoms with Gasteiger partial charge in [-0.3, -0.25) is 9.79 Å². The summed E-state index contributed by atoms with van der Waals surface area (Å²) in [7, 11) is 1.47. The van der Waals surface area contributed by atoms with E-state index in [1.807, 2.05) is 6.92 Å². The first kappa shape index (κ1) is 30.2. The Morgan fingerprint density at radius 1 is 1.32 bits per heavy atom. The number of aliphatic imine (C=N–C) groups is 1. The number of thioether (sulfide) groups is 1. The predicted octanol–water partition coefficient (Wildman–Crippen LogP) is 3.82. The molecule has 0 aliphatic carbocycles. The van der Waals surface area contributed by atoms with Gasteiger partial charge in [0.1, 0.15) is 40.0 Å². The van der Waals surface area contributed by atoms with Crippen LogP contribution in [0.4, 0.5) is 4.79 Å². The van der Waals surface area contributed by atoms with E-state index >= 15 is 0 Å². The van der Waals surface area contributed by atoms with Crippen molar-refractivity contribution in [1.82, 2.24) is 10.6 Å². The molecule has 2 atom stereocenters. The lowest BCUT2D eigenvalue weighted by Gasteiger charge is -2.24. The molecule has 206 valence electrons. The Hall–Kier alpha value is -3.02. The molecule has 11 nitrogen and oxygen atoms in total. The van der Waals surface area contributed by atoms with E-state index in [9.17, 15) is 14.4 Å². The van der Waals surface area contributed by atoms with Crippen LogP contribution in [-0.4, -0.2) is 59.9 Å². The van der Waals surface area contributed by atoms with E-state index in [4.69, 9.17) is 18.7 Å². The van der Waals surface area contributed by atoms with Crippen molar-refractivity contribution in [1.29, 1.82) is 0 Å². The Balaban J connectivity index is 1.93. The highest BCUT2D eigenvalue weighted by molar-refractivity contribution is 8.16. The molecule has 1 aliphatic rings. The SMILES string of the molecule is CCC[C@@H](NC(=O)C1(C)CSC(/C(C)=N/OCCCNC(=O)OC(C)(C)C)=N1)c1cc(OC)cc(=O)o1. The van der Waals surface area contributed by atoms with Crippen LogP contribution in [0.15, 0.2) is 31.5 Å². The fourth-order valence-electron chi connectivity index (χ4n) is 3.27. The van der Waals surface area contributed by atoms with Gasteiger partial charge in [-0.25, -0.2) is 9.59 Å². The molecule has 0 bridgehead atoms. The van der Waals surface area contributed by atoms with Gasteiger partial charge in [0.2, 0.25) is 5.91 Å². The monoisotopic (exact) mass is 538 g/mol. The molecule has 0 saturated carbocycles. The van der Waals surface area contributed by atoms with Gasteiger partial charge in [0, 0.05) is 24.8 Å². The number of nitrogens with one attached hydrogen (secondary N) is 2. The molecule has 1 aromatic heterocycles. The van der Waals surface area contributed by atoms with E-state index < -0.39 is 28.9 Å². The molecule has 2 heterocycles. The molecule has 2 amide bonds. The summed E-state index contributed by atoms with van der Waals surface area (Å²) in [4.78, 5) is 46.7. The Morgan fingerprint density at radius 2 is 2.05 bits per heavy atom. The van der Waals surface area contributed by atoms with Crippen molar-refractivity contribution in [2.24, 2.45) is 10.1 Å². The van der Waals surface area contributed by atoms with Gasteiger partial charge in [0.05, 0.1) is 19.2 Å². The Kier molecular flexibility index (Phi) is 11.0. The van der Waals surface area contributed by atoms with Crippen LogP contribution in [0, 0.1) is 0 Å². The van der Waals surface area contributed by atoms with E-state index in [2.05, 4.69) is 20.8 Å². The highest BCUT2D eigenvalue weighted by atomic mass is 32.2. The van der Waals surface area contributed by atoms with E-state index in [1.54, 1.807) is 40.7 Å². The number of carbonyl (C=O) groups is 2. The first-order chi connectivity index (χ1) is 17.4. The van der Waals surface area contributed by atoms with Crippen molar-refractivity contribution >= 4 is 34.5 Å². The summed E-state index contributed by atoms with van der Waals surface area (Å²) in [6, 6.07) is 2.37. The lowest BCUT2D eigenvalue weighted by Crippen LogP contribution is -2.45. The number of amides is 2. The second-order valence-corrected chi connectivity index (χ2v) is 10.8. The van der Waals surface area contributed by atoms with Gasteiger partial charge in [-0.1, -0.05) is 18.5 Å². The van der Waals surface area contributed by atoms with Crippen molar-refractivity contribution < 1.29 is 28.3 Å². The maximum absolute atomic E-state index is 13.2. The molecule has 12 heteroatoms. The molecular formula is C25H38N4O7S. The minimum Gasteiger partial charge on any atom is -0.496 e. The molecule has 2 rings (SSSR count). The molecule has 37 heavy (non-hydrogen) atoms. The Morgan fingerprint density at radius 3 is 2.70 bits per heavy atom. The third-order valence-electron chi connectivity index (χ3n) is 5.14. The summed E-state index contributed by atoms with van der Waals surface area (Å²) in [5.74, 6) is 0.866. The maximum atomic E-state index is 13.2. The summed E-state index contributed by atoms with van der Waals surface area (Å²) in [5.41, 5.74) is -1.54. The van der Waals surface area contributed by atoms with Crippen molar-refractivity contribution in [3.05, 3.63) is 28.3 Å². The van der Waals surface area contributed by atoms with Gasteiger partial charge in [0.25, 0.3) is 0 Å². The fourth-order valence-corrected chi connectivity index (χ4v) is 4.40. The smallest absolute Gasteiger partial charge is 0.407 e. The average molecular weight is 539 g/mol. The highest BCUT2D eigenvalue weighted by Gasteiger charge is 2.40. The molecule has 0 aromatic carbocycles. The van der Waals surface area contributed by atoms with Crippen LogP contribution in [-0.2, 0) is 14.4 Å². The van der Waals surface area contributed by atoms with Gasteiger partial charge >= 0.3 is 11.7 Å². The number of hydrogen-bond donors (Lipinski definition) is 2. The maximum Gasteiger partial charge on any atom is 0.407 e. The van der Waals surface area contributed by atoms with Crippen molar-refractivity contribution in [2.75, 3.05) is 26.0 Å². The fraction of sp³-hybridized carbons (Fsp3) is 0.640. The van der Waals surface area contributed by atoms with Gasteiger partial charge < -0.3 is 29.4 Å². The summed E-state index contributed by atoms with van der Waals surface area (Å²) in [5, 5.41) is 10.4. The normalized spacial score (nSPS) is 18.6. The summed E-state index contributed by atoms with van der Waals surface area (Å²) in [6.07, 6.45) is 1.42. The summed E-state index contributed by atoms with van der Waals surface area (Å²) >= 11 is 1.42. The third-order valence-corrected chi connectivity index (χ3v) is 6.51. The molecule has 1 unspecified atom stereocenters. The number of ether oxygens (including phenoxy) is 2. The largest absolute Gasteiger partial charge is 0.496 e. The topological polar surface area (TPSA) is 141 Å². The van der Waals surface area contributed by atoms with Crippen LogP contribution in [0.5, 0.6) is 5.75 Å². The zero-order valence-electron chi connectivity index (χ0n) is 22.6. The van der Waals surface area contributed by atoms with Gasteiger partial charge in [-0.2, -0.15) is 0 Å². The lowest BCUT2D eigenvalue weighted by molar-refractivity contribution is -0.125. The molecule has 1 aromatic rings. The lowest BCUT2D eigenvalue weighted by atomic mass is 10.0. The molecule has 1 aliphatic heterocycles. The molecule has 0 fully saturated rings. The van der Waals surface area contributed by atoms with Gasteiger partial charge in [-0.15, -0.1) is 11.8 Å². The van der Waals surface area contributed by atoms with E-state index in [0.717, 1.165) is 6.42 Å². The van der Waals surface area contributed by atoms with Crippen molar-refractivity contribution in [3.63, 3.8) is 0 Å². The third kappa shape index (κ3) is 9.75. The van der Waals surface area contributed by atoms with Gasteiger partial charge in [-0.05, 0) is 41.0 Å². The van der Waals surface area contributed by atoms with Crippen molar-refractivity contribution in [3.8, 4) is 5.75 Å². The molecule has 0 radical (unpaired) electrons. The second kappa shape index (κ2) is 13.5. The molecular weight excluding hydrogens is 500 g/mol. The predicted molar refractivity (Wildman–Crippen MR) is 144 cm³/mol. The number of oxime groups is 1. The number of nitrogens with zero attached hydrogens (tertiary/aromatic N) is 2. The summed E-state index contributed by atoms with van der Waals surface area (Å²) < 4.78 is 15.7. The van der Waals surface area contributed by atoms with Crippen LogP contribution in [0.2, 0.25) is 0 Å². The second-order valence-electron chi connectivity index (χ2n) is 9.80. The first-order valence-electron chi connectivity index (χ1n) is 12.2.